The van der Waals surface area contributed by atoms with Gasteiger partial charge in [0.2, 0.25) is 0 Å². The predicted octanol–water partition coefficient (Wildman–Crippen LogP) is 5.25. The molecular formula is C22H28N4O2S2. The fourth-order valence-corrected chi connectivity index (χ4v) is 5.73. The first kappa shape index (κ1) is 21.2. The number of aromatic nitrogens is 3. The maximum atomic E-state index is 13.0. The number of hydrogen-bond acceptors (Lipinski definition) is 5. The molecule has 1 saturated carbocycles. The summed E-state index contributed by atoms with van der Waals surface area (Å²) >= 11 is 7.19. The monoisotopic (exact) mass is 444 g/mol. The van der Waals surface area contributed by atoms with Gasteiger partial charge in [-0.1, -0.05) is 37.5 Å². The molecule has 2 heterocycles. The second kappa shape index (κ2) is 9.83. The van der Waals surface area contributed by atoms with Gasteiger partial charge in [0.15, 0.2) is 10.5 Å². The maximum Gasteiger partial charge on any atom is 0.287 e. The van der Waals surface area contributed by atoms with Crippen LogP contribution in [0.1, 0.15) is 61.0 Å². The van der Waals surface area contributed by atoms with Gasteiger partial charge in [0.25, 0.3) is 5.91 Å². The summed E-state index contributed by atoms with van der Waals surface area (Å²) in [5.74, 6) is 1.93. The van der Waals surface area contributed by atoms with Crippen LogP contribution in [0.25, 0.3) is 11.0 Å². The molecule has 0 atom stereocenters. The predicted molar refractivity (Wildman–Crippen MR) is 124 cm³/mol. The van der Waals surface area contributed by atoms with E-state index in [1.54, 1.807) is 0 Å². The highest BCUT2D eigenvalue weighted by Crippen LogP contribution is 2.34. The largest absolute Gasteiger partial charge is 0.451 e. The first-order chi connectivity index (χ1) is 14.7. The van der Waals surface area contributed by atoms with Crippen LogP contribution >= 0.6 is 24.0 Å². The Balaban J connectivity index is 1.46. The minimum absolute atomic E-state index is 0.164. The SMILES string of the molecule is CCn1c(CCNC(=O)c2oc3ccccc3c2CSC2CCCCC2)n[nH]c1=S. The minimum Gasteiger partial charge on any atom is -0.451 e. The van der Waals surface area contributed by atoms with Gasteiger partial charge >= 0.3 is 0 Å². The molecule has 1 aliphatic carbocycles. The summed E-state index contributed by atoms with van der Waals surface area (Å²) in [7, 11) is 0. The van der Waals surface area contributed by atoms with E-state index in [0.29, 0.717) is 28.7 Å². The highest BCUT2D eigenvalue weighted by molar-refractivity contribution is 7.99. The molecule has 8 heteroatoms. The Morgan fingerprint density at radius 1 is 1.33 bits per heavy atom. The van der Waals surface area contributed by atoms with Crippen LogP contribution in [0.2, 0.25) is 0 Å². The van der Waals surface area contributed by atoms with Crippen molar-refractivity contribution in [2.45, 2.75) is 63.0 Å². The fourth-order valence-electron chi connectivity index (χ4n) is 4.09. The zero-order valence-corrected chi connectivity index (χ0v) is 18.9. The molecule has 2 N–H and O–H groups in total. The summed E-state index contributed by atoms with van der Waals surface area (Å²) in [6.45, 7) is 3.26. The molecule has 1 amide bonds. The molecule has 1 fully saturated rings. The maximum absolute atomic E-state index is 13.0. The third-order valence-electron chi connectivity index (χ3n) is 5.71. The molecule has 1 aliphatic rings. The Hall–Kier alpha value is -2.06. The fraction of sp³-hybridized carbons (Fsp3) is 0.500. The van der Waals surface area contributed by atoms with Crippen molar-refractivity contribution >= 4 is 40.9 Å². The molecule has 1 aromatic carbocycles. The van der Waals surface area contributed by atoms with Crippen LogP contribution in [-0.4, -0.2) is 32.5 Å². The molecule has 0 unspecified atom stereocenters. The smallest absolute Gasteiger partial charge is 0.287 e. The van der Waals surface area contributed by atoms with E-state index >= 15 is 0 Å². The Kier molecular flexibility index (Phi) is 6.94. The number of nitrogens with zero attached hydrogens (tertiary/aromatic N) is 2. The van der Waals surface area contributed by atoms with Crippen molar-refractivity contribution in [3.8, 4) is 0 Å². The third-order valence-corrected chi connectivity index (χ3v) is 7.42. The molecule has 6 nitrogen and oxygen atoms in total. The van der Waals surface area contributed by atoms with Gasteiger partial charge in [0.1, 0.15) is 11.4 Å². The van der Waals surface area contributed by atoms with Gasteiger partial charge in [-0.15, -0.1) is 0 Å². The van der Waals surface area contributed by atoms with Gasteiger partial charge in [-0.25, -0.2) is 0 Å². The van der Waals surface area contributed by atoms with E-state index in [2.05, 4.69) is 15.5 Å². The summed E-state index contributed by atoms with van der Waals surface area (Å²) in [6.07, 6.45) is 7.13. The lowest BCUT2D eigenvalue weighted by Crippen LogP contribution is -2.27. The van der Waals surface area contributed by atoms with Crippen molar-refractivity contribution in [1.29, 1.82) is 0 Å². The molecule has 30 heavy (non-hydrogen) atoms. The Morgan fingerprint density at radius 3 is 2.93 bits per heavy atom. The molecule has 2 aromatic heterocycles. The number of benzene rings is 1. The number of fused-ring (bicyclic) bond motifs is 1. The standard InChI is InChI=1S/C22H28N4O2S2/c1-2-26-19(24-25-22(26)29)12-13-23-21(27)20-17(14-30-15-8-4-3-5-9-15)16-10-6-7-11-18(16)28-20/h6-7,10-11,15H,2-5,8-9,12-14H2,1H3,(H,23,27)(H,25,29). The number of thioether (sulfide) groups is 1. The van der Waals surface area contributed by atoms with Gasteiger partial charge in [0.05, 0.1) is 0 Å². The number of hydrogen-bond donors (Lipinski definition) is 2. The number of para-hydroxylation sites is 1. The number of rotatable bonds is 8. The summed E-state index contributed by atoms with van der Waals surface area (Å²) in [5.41, 5.74) is 1.78. The Bertz CT molecular complexity index is 1060. The van der Waals surface area contributed by atoms with E-state index in [1.165, 1.54) is 32.1 Å². The van der Waals surface area contributed by atoms with Crippen LogP contribution in [0.5, 0.6) is 0 Å². The van der Waals surface area contributed by atoms with Gasteiger partial charge in [-0.3, -0.25) is 9.89 Å². The van der Waals surface area contributed by atoms with Crippen LogP contribution in [0.15, 0.2) is 28.7 Å². The molecule has 0 aliphatic heterocycles. The number of H-pyrrole nitrogens is 1. The van der Waals surface area contributed by atoms with Gasteiger partial charge < -0.3 is 14.3 Å². The molecule has 0 saturated heterocycles. The van der Waals surface area contributed by atoms with E-state index in [4.69, 9.17) is 16.6 Å². The lowest BCUT2D eigenvalue weighted by molar-refractivity contribution is 0.0927. The molecule has 0 radical (unpaired) electrons. The summed E-state index contributed by atoms with van der Waals surface area (Å²) < 4.78 is 8.53. The first-order valence-corrected chi connectivity index (χ1v) is 12.2. The van der Waals surface area contributed by atoms with Crippen molar-refractivity contribution in [3.63, 3.8) is 0 Å². The van der Waals surface area contributed by atoms with Crippen LogP contribution < -0.4 is 5.32 Å². The molecule has 4 rings (SSSR count). The molecule has 0 spiro atoms. The number of carbonyl (C=O) groups is 1. The van der Waals surface area contributed by atoms with Crippen LogP contribution in [0.3, 0.4) is 0 Å². The number of amides is 1. The Labute approximate surface area is 185 Å². The summed E-state index contributed by atoms with van der Waals surface area (Å²) in [6, 6.07) is 7.92. The highest BCUT2D eigenvalue weighted by atomic mass is 32.2. The zero-order valence-electron chi connectivity index (χ0n) is 17.3. The molecular weight excluding hydrogens is 416 g/mol. The Morgan fingerprint density at radius 2 is 2.13 bits per heavy atom. The van der Waals surface area contributed by atoms with Crippen molar-refractivity contribution < 1.29 is 9.21 Å². The molecule has 3 aromatic rings. The lowest BCUT2D eigenvalue weighted by Gasteiger charge is -2.20. The topological polar surface area (TPSA) is 75.8 Å². The van der Waals surface area contributed by atoms with E-state index in [1.807, 2.05) is 47.5 Å². The quantitative estimate of drug-likeness (QED) is 0.464. The summed E-state index contributed by atoms with van der Waals surface area (Å²) in [5, 5.41) is 11.8. The second-order valence-electron chi connectivity index (χ2n) is 7.67. The number of furan rings is 1. The normalized spacial score (nSPS) is 15.0. The van der Waals surface area contributed by atoms with Gasteiger partial charge in [-0.2, -0.15) is 16.9 Å². The average molecular weight is 445 g/mol. The van der Waals surface area contributed by atoms with Crippen LogP contribution in [-0.2, 0) is 18.7 Å². The van der Waals surface area contributed by atoms with Crippen LogP contribution in [0, 0.1) is 4.77 Å². The van der Waals surface area contributed by atoms with E-state index in [-0.39, 0.29) is 5.91 Å². The van der Waals surface area contributed by atoms with Crippen molar-refractivity contribution in [1.82, 2.24) is 20.1 Å². The number of aromatic amines is 1. The van der Waals surface area contributed by atoms with Crippen molar-refractivity contribution in [3.05, 3.63) is 46.2 Å². The van der Waals surface area contributed by atoms with Crippen molar-refractivity contribution in [2.75, 3.05) is 6.54 Å². The molecule has 160 valence electrons. The van der Waals surface area contributed by atoms with E-state index in [9.17, 15) is 4.79 Å². The van der Waals surface area contributed by atoms with E-state index < -0.39 is 0 Å². The van der Waals surface area contributed by atoms with E-state index in [0.717, 1.165) is 34.7 Å². The van der Waals surface area contributed by atoms with Crippen molar-refractivity contribution in [2.24, 2.45) is 0 Å². The first-order valence-electron chi connectivity index (χ1n) is 10.7. The van der Waals surface area contributed by atoms with Gasteiger partial charge in [-0.05, 0) is 38.0 Å². The number of carbonyl (C=O) groups excluding carboxylic acids is 1. The average Bonchev–Trinajstić information content (AvgIpc) is 3.33. The zero-order chi connectivity index (χ0) is 20.9. The minimum atomic E-state index is -0.164. The van der Waals surface area contributed by atoms with Crippen LogP contribution in [0.4, 0.5) is 0 Å². The highest BCUT2D eigenvalue weighted by Gasteiger charge is 2.22. The second-order valence-corrected chi connectivity index (χ2v) is 9.35. The third kappa shape index (κ3) is 4.64. The lowest BCUT2D eigenvalue weighted by atomic mass is 10.0. The number of nitrogens with one attached hydrogen (secondary N) is 2. The molecule has 0 bridgehead atoms. The summed E-state index contributed by atoms with van der Waals surface area (Å²) in [4.78, 5) is 13.0. The van der Waals surface area contributed by atoms with Gasteiger partial charge in [0, 0.05) is 41.5 Å².